The van der Waals surface area contributed by atoms with Gasteiger partial charge in [0.25, 0.3) is 0 Å². The summed E-state index contributed by atoms with van der Waals surface area (Å²) in [6, 6.07) is 0.394. The number of Topliss-reactive ketones (excluding diaryl/α,β-unsaturated/α-hetero) is 1. The molecule has 1 aromatic rings. The molecule has 90 valence electrons. The summed E-state index contributed by atoms with van der Waals surface area (Å²) >= 11 is 6.97. The fraction of sp³-hybridized carbons (Fsp3) is 0.636. The predicted molar refractivity (Wildman–Crippen MR) is 69.9 cm³/mol. The minimum atomic E-state index is -0.116. The molecule has 0 radical (unpaired) electrons. The maximum atomic E-state index is 11.3. The first-order valence-corrected chi connectivity index (χ1v) is 6.66. The van der Waals surface area contributed by atoms with E-state index in [2.05, 4.69) is 30.7 Å². The number of hydrogen-bond donors (Lipinski definition) is 0. The van der Waals surface area contributed by atoms with Gasteiger partial charge in [0.1, 0.15) is 5.69 Å². The molecule has 0 spiro atoms. The Bertz CT molecular complexity index is 365. The van der Waals surface area contributed by atoms with E-state index < -0.39 is 0 Å². The lowest BCUT2D eigenvalue weighted by Gasteiger charge is -2.27. The summed E-state index contributed by atoms with van der Waals surface area (Å²) in [5.74, 6) is 0.419. The van der Waals surface area contributed by atoms with Crippen LogP contribution in [0.5, 0.6) is 0 Å². The minimum absolute atomic E-state index is 0.00732. The number of hydrogen-bond acceptors (Lipinski definition) is 4. The van der Waals surface area contributed by atoms with E-state index in [-0.39, 0.29) is 11.7 Å². The Hall–Kier alpha value is -0.610. The van der Waals surface area contributed by atoms with Crippen molar-refractivity contribution in [2.45, 2.75) is 26.8 Å². The number of ketones is 1. The summed E-state index contributed by atoms with van der Waals surface area (Å²) in [4.78, 5) is 17.7. The van der Waals surface area contributed by atoms with Gasteiger partial charge in [-0.3, -0.25) is 4.79 Å². The molecule has 1 unspecified atom stereocenters. The van der Waals surface area contributed by atoms with Crippen molar-refractivity contribution in [1.82, 2.24) is 4.98 Å². The lowest BCUT2D eigenvalue weighted by molar-refractivity contribution is 0.101. The Balaban J connectivity index is 2.81. The molecule has 0 fully saturated rings. The van der Waals surface area contributed by atoms with Crippen LogP contribution in [0, 0.1) is 5.92 Å². The standard InChI is InChI=1S/C11H17ClN2OS/c1-7(2)8(3)14(4)11-13-9(6-16-11)10(15)5-12/h6-8H,5H2,1-4H3. The highest BCUT2D eigenvalue weighted by molar-refractivity contribution is 7.14. The number of carbonyl (C=O) groups excluding carboxylic acids is 1. The number of alkyl halides is 1. The SMILES string of the molecule is CC(C)C(C)N(C)c1nc(C(=O)CCl)cs1. The maximum Gasteiger partial charge on any atom is 0.196 e. The van der Waals surface area contributed by atoms with Crippen molar-refractivity contribution in [2.24, 2.45) is 5.92 Å². The first-order valence-electron chi connectivity index (χ1n) is 5.25. The van der Waals surface area contributed by atoms with Crippen LogP contribution in [0.15, 0.2) is 5.38 Å². The van der Waals surface area contributed by atoms with Gasteiger partial charge in [0.2, 0.25) is 0 Å². The molecule has 3 nitrogen and oxygen atoms in total. The highest BCUT2D eigenvalue weighted by atomic mass is 35.5. The summed E-state index contributed by atoms with van der Waals surface area (Å²) in [6.07, 6.45) is 0. The zero-order chi connectivity index (χ0) is 12.3. The number of nitrogens with zero attached hydrogens (tertiary/aromatic N) is 2. The molecule has 1 aromatic heterocycles. The van der Waals surface area contributed by atoms with E-state index in [0.717, 1.165) is 5.13 Å². The van der Waals surface area contributed by atoms with Crippen LogP contribution >= 0.6 is 22.9 Å². The molecule has 1 heterocycles. The summed E-state index contributed by atoms with van der Waals surface area (Å²) in [5, 5.41) is 2.64. The van der Waals surface area contributed by atoms with Gasteiger partial charge in [-0.25, -0.2) is 4.98 Å². The molecule has 5 heteroatoms. The number of thiazole rings is 1. The van der Waals surface area contributed by atoms with Crippen LogP contribution in [-0.4, -0.2) is 29.7 Å². The summed E-state index contributed by atoms with van der Waals surface area (Å²) in [6.45, 7) is 6.48. The number of rotatable bonds is 5. The minimum Gasteiger partial charge on any atom is -0.348 e. The van der Waals surface area contributed by atoms with Gasteiger partial charge in [-0.15, -0.1) is 22.9 Å². The Morgan fingerprint density at radius 2 is 2.19 bits per heavy atom. The van der Waals surface area contributed by atoms with Crippen LogP contribution in [0.25, 0.3) is 0 Å². The zero-order valence-electron chi connectivity index (χ0n) is 10.0. The van der Waals surface area contributed by atoms with E-state index in [4.69, 9.17) is 11.6 Å². The van der Waals surface area contributed by atoms with Gasteiger partial charge in [-0.05, 0) is 12.8 Å². The van der Waals surface area contributed by atoms with Crippen molar-refractivity contribution >= 4 is 33.9 Å². The van der Waals surface area contributed by atoms with E-state index in [1.807, 2.05) is 7.05 Å². The average Bonchev–Trinajstić information content (AvgIpc) is 2.75. The molecule has 0 bridgehead atoms. The third-order valence-electron chi connectivity index (χ3n) is 2.78. The second-order valence-electron chi connectivity index (χ2n) is 4.17. The second kappa shape index (κ2) is 5.64. The first kappa shape index (κ1) is 13.5. The fourth-order valence-corrected chi connectivity index (χ4v) is 2.27. The monoisotopic (exact) mass is 260 g/mol. The largest absolute Gasteiger partial charge is 0.348 e. The number of halogens is 1. The quantitative estimate of drug-likeness (QED) is 0.603. The van der Waals surface area contributed by atoms with E-state index in [9.17, 15) is 4.79 Å². The lowest BCUT2D eigenvalue weighted by atomic mass is 10.1. The Morgan fingerprint density at radius 3 is 2.69 bits per heavy atom. The lowest BCUT2D eigenvalue weighted by Crippen LogP contribution is -2.33. The normalized spacial score (nSPS) is 12.9. The van der Waals surface area contributed by atoms with Gasteiger partial charge in [0, 0.05) is 18.5 Å². The van der Waals surface area contributed by atoms with Crippen molar-refractivity contribution in [3.05, 3.63) is 11.1 Å². The Labute approximate surface area is 105 Å². The fourth-order valence-electron chi connectivity index (χ4n) is 1.24. The molecule has 0 amide bonds. The number of anilines is 1. The zero-order valence-corrected chi connectivity index (χ0v) is 11.6. The molecule has 0 saturated carbocycles. The molecular formula is C11H17ClN2OS. The van der Waals surface area contributed by atoms with Gasteiger partial charge in [-0.2, -0.15) is 0 Å². The van der Waals surface area contributed by atoms with Gasteiger partial charge in [0.15, 0.2) is 10.9 Å². The van der Waals surface area contributed by atoms with E-state index in [1.54, 1.807) is 5.38 Å². The molecule has 1 atom stereocenters. The van der Waals surface area contributed by atoms with E-state index >= 15 is 0 Å². The molecule has 0 N–H and O–H groups in total. The average molecular weight is 261 g/mol. The molecule has 0 aliphatic heterocycles. The third-order valence-corrected chi connectivity index (χ3v) is 3.95. The van der Waals surface area contributed by atoms with Gasteiger partial charge in [-0.1, -0.05) is 13.8 Å². The molecule has 0 aliphatic carbocycles. The Morgan fingerprint density at radius 1 is 1.56 bits per heavy atom. The van der Waals surface area contributed by atoms with Crippen molar-refractivity contribution in [3.63, 3.8) is 0 Å². The molecule has 0 aromatic carbocycles. The number of carbonyl (C=O) groups is 1. The van der Waals surface area contributed by atoms with Crippen molar-refractivity contribution < 1.29 is 4.79 Å². The first-order chi connectivity index (χ1) is 7.47. The highest BCUT2D eigenvalue weighted by Crippen LogP contribution is 2.23. The molecule has 1 rings (SSSR count). The van der Waals surface area contributed by atoms with Gasteiger partial charge < -0.3 is 4.90 Å². The second-order valence-corrected chi connectivity index (χ2v) is 5.27. The van der Waals surface area contributed by atoms with Crippen LogP contribution in [0.3, 0.4) is 0 Å². The van der Waals surface area contributed by atoms with Crippen molar-refractivity contribution in [3.8, 4) is 0 Å². The predicted octanol–water partition coefficient (Wildman–Crippen LogP) is 3.05. The van der Waals surface area contributed by atoms with Gasteiger partial charge in [0.05, 0.1) is 5.88 Å². The molecular weight excluding hydrogens is 244 g/mol. The van der Waals surface area contributed by atoms with Gasteiger partial charge >= 0.3 is 0 Å². The van der Waals surface area contributed by atoms with Crippen molar-refractivity contribution in [2.75, 3.05) is 17.8 Å². The van der Waals surface area contributed by atoms with E-state index in [1.165, 1.54) is 11.3 Å². The molecule has 0 aliphatic rings. The highest BCUT2D eigenvalue weighted by Gasteiger charge is 2.18. The van der Waals surface area contributed by atoms with E-state index in [0.29, 0.717) is 17.7 Å². The van der Waals surface area contributed by atoms with Crippen LogP contribution in [-0.2, 0) is 0 Å². The number of aromatic nitrogens is 1. The van der Waals surface area contributed by atoms with Crippen LogP contribution < -0.4 is 4.90 Å². The van der Waals surface area contributed by atoms with Crippen LogP contribution in [0.2, 0.25) is 0 Å². The van der Waals surface area contributed by atoms with Crippen LogP contribution in [0.4, 0.5) is 5.13 Å². The van der Waals surface area contributed by atoms with Crippen LogP contribution in [0.1, 0.15) is 31.3 Å². The Kier molecular flexibility index (Phi) is 4.74. The van der Waals surface area contributed by atoms with Crippen molar-refractivity contribution in [1.29, 1.82) is 0 Å². The smallest absolute Gasteiger partial charge is 0.196 e. The summed E-state index contributed by atoms with van der Waals surface area (Å²) in [5.41, 5.74) is 0.470. The topological polar surface area (TPSA) is 33.2 Å². The third kappa shape index (κ3) is 2.95. The molecule has 16 heavy (non-hydrogen) atoms. The maximum absolute atomic E-state index is 11.3. The summed E-state index contributed by atoms with van der Waals surface area (Å²) < 4.78 is 0. The summed E-state index contributed by atoms with van der Waals surface area (Å²) in [7, 11) is 2.00. The molecule has 0 saturated heterocycles.